The van der Waals surface area contributed by atoms with Gasteiger partial charge in [-0.2, -0.15) is 19.9 Å². The molecule has 43 heavy (non-hydrogen) atoms. The van der Waals surface area contributed by atoms with E-state index < -0.39 is 10.1 Å². The van der Waals surface area contributed by atoms with Gasteiger partial charge < -0.3 is 37.8 Å². The number of hydrogen-bond donors (Lipinski definition) is 0. The molecule has 0 amide bonds. The summed E-state index contributed by atoms with van der Waals surface area (Å²) in [5.41, 5.74) is 4.40. The molecular formula is C31H33BrMgN2O5S3. The van der Waals surface area contributed by atoms with Crippen molar-refractivity contribution in [3.8, 4) is 11.5 Å². The van der Waals surface area contributed by atoms with E-state index >= 15 is 0 Å². The monoisotopic (exact) mass is 712 g/mol. The minimum atomic E-state index is -3.52. The van der Waals surface area contributed by atoms with Crippen LogP contribution in [0.2, 0.25) is 0 Å². The minimum Gasteiger partial charge on any atom is -1.00 e. The number of aliphatic imine (C=N–C) groups is 1. The van der Waals surface area contributed by atoms with E-state index in [9.17, 15) is 8.42 Å². The number of nitrogens with zero attached hydrogens (tertiary/aromatic N) is 2. The Kier molecular flexibility index (Phi) is 15.9. The molecule has 0 radical (unpaired) electrons. The molecule has 0 saturated heterocycles. The van der Waals surface area contributed by atoms with Gasteiger partial charge in [-0.3, -0.25) is 9.28 Å². The Labute approximate surface area is 289 Å². The van der Waals surface area contributed by atoms with Gasteiger partial charge in [0.05, 0.1) is 37.9 Å². The summed E-state index contributed by atoms with van der Waals surface area (Å²) in [6, 6.07) is 24.3. The first-order valence-electron chi connectivity index (χ1n) is 13.1. The van der Waals surface area contributed by atoms with E-state index in [0.717, 1.165) is 54.7 Å². The second-order valence-electron chi connectivity index (χ2n) is 9.34. The fraction of sp³-hybridized carbons (Fsp3) is 0.290. The molecule has 0 bridgehead atoms. The average Bonchev–Trinajstić information content (AvgIpc) is 3.77. The van der Waals surface area contributed by atoms with Gasteiger partial charge in [0.2, 0.25) is 0 Å². The van der Waals surface area contributed by atoms with Crippen LogP contribution in [-0.2, 0) is 14.4 Å². The number of hydrogen-bond acceptors (Lipinski definition) is 9. The Bertz CT molecular complexity index is 1490. The smallest absolute Gasteiger partial charge is 1.00 e. The molecule has 12 heteroatoms. The zero-order chi connectivity index (χ0) is 29.1. The first-order valence-corrected chi connectivity index (χ1v) is 16.7. The Morgan fingerprint density at radius 3 is 1.98 bits per heavy atom. The topological polar surface area (TPSA) is 86.6 Å². The Hall–Kier alpha value is -2.22. The van der Waals surface area contributed by atoms with E-state index in [1.165, 1.54) is 16.2 Å². The van der Waals surface area contributed by atoms with Crippen LogP contribution in [0.4, 0.5) is 0 Å². The molecule has 1 aliphatic heterocycles. The van der Waals surface area contributed by atoms with Crippen LogP contribution in [-0.4, -0.2) is 63.4 Å². The van der Waals surface area contributed by atoms with Crippen molar-refractivity contribution in [2.45, 2.75) is 37.6 Å². The SMILES string of the molecule is COc1ccc(C2CC/C2=N/OS(C)(=O)=O)cc1.COc1ccc(C2CCC(c3cccs3)=N2)cc1.[Br-].[Mg+2].[c-]1cccs1. The molecule has 2 atom stereocenters. The van der Waals surface area contributed by atoms with Crippen molar-refractivity contribution >= 4 is 67.3 Å². The summed E-state index contributed by atoms with van der Waals surface area (Å²) in [5.74, 6) is 1.85. The van der Waals surface area contributed by atoms with Crippen LogP contribution in [0, 0.1) is 5.38 Å². The molecule has 4 aromatic rings. The van der Waals surface area contributed by atoms with E-state index in [0.29, 0.717) is 6.04 Å². The van der Waals surface area contributed by atoms with Gasteiger partial charge in [-0.1, -0.05) is 35.5 Å². The fourth-order valence-electron chi connectivity index (χ4n) is 4.32. The Morgan fingerprint density at radius 1 is 0.884 bits per heavy atom. The number of oxime groups is 1. The van der Waals surface area contributed by atoms with Crippen molar-refractivity contribution in [1.29, 1.82) is 0 Å². The molecular weight excluding hydrogens is 681 g/mol. The Morgan fingerprint density at radius 2 is 1.53 bits per heavy atom. The number of halogens is 1. The quantitative estimate of drug-likeness (QED) is 0.163. The van der Waals surface area contributed by atoms with Gasteiger partial charge in [-0.05, 0) is 72.5 Å². The van der Waals surface area contributed by atoms with Crippen LogP contribution in [0.5, 0.6) is 11.5 Å². The van der Waals surface area contributed by atoms with Crippen molar-refractivity contribution in [2.75, 3.05) is 20.5 Å². The molecule has 0 N–H and O–H groups in total. The van der Waals surface area contributed by atoms with Crippen molar-refractivity contribution in [3.63, 3.8) is 0 Å². The van der Waals surface area contributed by atoms with E-state index in [1.54, 1.807) is 36.9 Å². The predicted molar refractivity (Wildman–Crippen MR) is 173 cm³/mol. The maximum atomic E-state index is 10.9. The van der Waals surface area contributed by atoms with Crippen molar-refractivity contribution in [1.82, 2.24) is 0 Å². The number of thiophene rings is 2. The summed E-state index contributed by atoms with van der Waals surface area (Å²) in [6.07, 6.45) is 4.90. The first-order chi connectivity index (χ1) is 19.9. The number of ether oxygens (including phenoxy) is 2. The molecule has 6 rings (SSSR count). The van der Waals surface area contributed by atoms with Crippen molar-refractivity contribution in [3.05, 3.63) is 105 Å². The third kappa shape index (κ3) is 11.7. The van der Waals surface area contributed by atoms with Gasteiger partial charge in [0, 0.05) is 10.8 Å². The molecule has 1 fully saturated rings. The second-order valence-corrected chi connectivity index (χ2v) is 12.6. The molecule has 2 aliphatic rings. The molecule has 1 aliphatic carbocycles. The molecule has 7 nitrogen and oxygen atoms in total. The van der Waals surface area contributed by atoms with Gasteiger partial charge in [-0.25, -0.2) is 6.07 Å². The first kappa shape index (κ1) is 37.0. The molecule has 1 saturated carbocycles. The summed E-state index contributed by atoms with van der Waals surface area (Å²) < 4.78 is 36.4. The van der Waals surface area contributed by atoms with Crippen LogP contribution in [0.25, 0.3) is 0 Å². The summed E-state index contributed by atoms with van der Waals surface area (Å²) in [6.45, 7) is 0. The van der Waals surface area contributed by atoms with Crippen LogP contribution < -0.4 is 26.5 Å². The molecule has 2 aromatic heterocycles. The minimum absolute atomic E-state index is 0. The van der Waals surface area contributed by atoms with E-state index in [1.807, 2.05) is 53.9 Å². The zero-order valence-electron chi connectivity index (χ0n) is 24.3. The zero-order valence-corrected chi connectivity index (χ0v) is 29.8. The van der Waals surface area contributed by atoms with Gasteiger partial charge in [-0.15, -0.1) is 16.7 Å². The van der Waals surface area contributed by atoms with Crippen LogP contribution in [0.15, 0.2) is 93.7 Å². The summed E-state index contributed by atoms with van der Waals surface area (Å²) in [5, 5.41) is 10.7. The molecule has 224 valence electrons. The number of methoxy groups -OCH3 is 2. The van der Waals surface area contributed by atoms with Crippen LogP contribution >= 0.6 is 22.7 Å². The molecule has 2 aromatic carbocycles. The van der Waals surface area contributed by atoms with Crippen LogP contribution in [0.1, 0.15) is 53.6 Å². The fourth-order valence-corrected chi connectivity index (χ4v) is 5.70. The van der Waals surface area contributed by atoms with Gasteiger partial charge in [0.1, 0.15) is 11.5 Å². The van der Waals surface area contributed by atoms with Crippen molar-refractivity contribution in [2.24, 2.45) is 10.1 Å². The van der Waals surface area contributed by atoms with E-state index in [-0.39, 0.29) is 46.0 Å². The molecule has 0 spiro atoms. The standard InChI is InChI=1S/C15H15NOS.C12H15NO4S.C4H3S.BrH.Mg/c1-17-12-6-4-11(5-7-12)13-8-9-14(16-13)15-3-2-10-18-15;1-16-10-5-3-9(4-6-10)11-7-8-12(11)13-17-18(2,14)15;1-2-4-5-3-1;;/h2-7,10,13H,8-9H2,1H3;3-6,11H,7-8H2,1-2H3;1-3H;1H;/q;;-1;;+2/p-1/b;13-12-;;;. The predicted octanol–water partition coefficient (Wildman–Crippen LogP) is 4.16. The molecule has 2 unspecified atom stereocenters. The number of rotatable bonds is 7. The maximum Gasteiger partial charge on any atom is 2.00 e. The third-order valence-electron chi connectivity index (χ3n) is 6.55. The average molecular weight is 714 g/mol. The van der Waals surface area contributed by atoms with Crippen LogP contribution in [0.3, 0.4) is 0 Å². The summed E-state index contributed by atoms with van der Waals surface area (Å²) >= 11 is 3.36. The van der Waals surface area contributed by atoms with Crippen molar-refractivity contribution < 1.29 is 39.2 Å². The van der Waals surface area contributed by atoms with Gasteiger partial charge in [0.25, 0.3) is 0 Å². The maximum absolute atomic E-state index is 10.9. The Balaban J connectivity index is 0.000000248. The number of benzene rings is 2. The van der Waals surface area contributed by atoms with E-state index in [4.69, 9.17) is 14.5 Å². The summed E-state index contributed by atoms with van der Waals surface area (Å²) in [7, 11) is -0.211. The van der Waals surface area contributed by atoms with Gasteiger partial charge in [0.15, 0.2) is 0 Å². The van der Waals surface area contributed by atoms with Gasteiger partial charge >= 0.3 is 33.2 Å². The second kappa shape index (κ2) is 18.6. The normalized spacial score (nSPS) is 17.7. The largest absolute Gasteiger partial charge is 2.00 e. The summed E-state index contributed by atoms with van der Waals surface area (Å²) in [4.78, 5) is 6.15. The van der Waals surface area contributed by atoms with E-state index in [2.05, 4.69) is 44.5 Å². The molecule has 3 heterocycles. The third-order valence-corrected chi connectivity index (χ3v) is 8.38.